The fourth-order valence-corrected chi connectivity index (χ4v) is 8.06. The van der Waals surface area contributed by atoms with Crippen LogP contribution in [0.5, 0.6) is 0 Å². The Morgan fingerprint density at radius 3 is 2.23 bits per heavy atom. The molecule has 0 amide bonds. The van der Waals surface area contributed by atoms with Gasteiger partial charge in [0, 0.05) is 26.8 Å². The van der Waals surface area contributed by atoms with Crippen LogP contribution in [0.1, 0.15) is 11.1 Å². The van der Waals surface area contributed by atoms with E-state index < -0.39 is 0 Å². The van der Waals surface area contributed by atoms with E-state index in [1.54, 1.807) is 0 Å². The van der Waals surface area contributed by atoms with Gasteiger partial charge in [-0.3, -0.25) is 4.57 Å². The number of nitrogens with zero attached hydrogens (tertiary/aromatic N) is 3. The minimum Gasteiger partial charge on any atom is -0.276 e. The van der Waals surface area contributed by atoms with E-state index in [9.17, 15) is 0 Å². The second-order valence-electron chi connectivity index (χ2n) is 11.9. The third kappa shape index (κ3) is 4.65. The highest BCUT2D eigenvalue weighted by molar-refractivity contribution is 7.22. The van der Waals surface area contributed by atoms with Gasteiger partial charge in [0.2, 0.25) is 5.95 Å². The minimum atomic E-state index is 0.639. The van der Waals surface area contributed by atoms with Crippen molar-refractivity contribution in [3.05, 3.63) is 169 Å². The molecule has 4 heteroatoms. The van der Waals surface area contributed by atoms with Crippen LogP contribution in [0.3, 0.4) is 0 Å². The van der Waals surface area contributed by atoms with Crippen LogP contribution in [0.25, 0.3) is 76.4 Å². The molecule has 1 aliphatic rings. The van der Waals surface area contributed by atoms with E-state index >= 15 is 0 Å². The Hall–Kier alpha value is -5.84. The van der Waals surface area contributed by atoms with Crippen molar-refractivity contribution in [3.8, 4) is 39.0 Å². The summed E-state index contributed by atoms with van der Waals surface area (Å²) in [7, 11) is 0. The standard InChI is InChI=1S/C43H29N3S/c1-28-14-4-2-7-20-34-33-19-11-13-23-39(33)47-42(34)41-40(28)35-21-10-12-22-38(35)46(41)43-44-36(30-16-5-3-6-17-30)27-37(45-43)32-25-24-29-15-8-9-18-31(29)26-32/h2-19,21-27H,1,20H2/b7-2-,14-4-. The number of aromatic nitrogens is 3. The zero-order valence-electron chi connectivity index (χ0n) is 25.6. The molecule has 0 N–H and O–H groups in total. The largest absolute Gasteiger partial charge is 0.276 e. The number of hydrogen-bond donors (Lipinski definition) is 0. The predicted octanol–water partition coefficient (Wildman–Crippen LogP) is 11.5. The Kier molecular flexibility index (Phi) is 6.54. The Balaban J connectivity index is 1.40. The van der Waals surface area contributed by atoms with Crippen molar-refractivity contribution >= 4 is 48.7 Å². The first-order valence-corrected chi connectivity index (χ1v) is 16.7. The van der Waals surface area contributed by atoms with E-state index in [4.69, 9.17) is 9.97 Å². The molecule has 0 unspecified atom stereocenters. The molecule has 1 aliphatic carbocycles. The van der Waals surface area contributed by atoms with Crippen LogP contribution < -0.4 is 0 Å². The van der Waals surface area contributed by atoms with Gasteiger partial charge in [-0.05, 0) is 58.0 Å². The van der Waals surface area contributed by atoms with Crippen LogP contribution in [0, 0.1) is 0 Å². The smallest absolute Gasteiger partial charge is 0.235 e. The molecule has 0 saturated heterocycles. The molecule has 47 heavy (non-hydrogen) atoms. The number of rotatable bonds is 3. The molecule has 3 aromatic heterocycles. The molecular weight excluding hydrogens is 591 g/mol. The lowest BCUT2D eigenvalue weighted by Gasteiger charge is -2.15. The average Bonchev–Trinajstić information content (AvgIpc) is 3.67. The first-order valence-electron chi connectivity index (χ1n) is 15.8. The zero-order chi connectivity index (χ0) is 31.3. The van der Waals surface area contributed by atoms with Gasteiger partial charge >= 0.3 is 0 Å². The van der Waals surface area contributed by atoms with Gasteiger partial charge in [0.1, 0.15) is 0 Å². The van der Waals surface area contributed by atoms with E-state index in [2.05, 4.69) is 157 Å². The monoisotopic (exact) mass is 619 g/mol. The summed E-state index contributed by atoms with van der Waals surface area (Å²) in [5.41, 5.74) is 9.37. The molecule has 0 fully saturated rings. The van der Waals surface area contributed by atoms with E-state index in [0.29, 0.717) is 5.95 Å². The molecule has 3 heterocycles. The van der Waals surface area contributed by atoms with Gasteiger partial charge in [0.25, 0.3) is 0 Å². The Morgan fingerprint density at radius 2 is 1.36 bits per heavy atom. The summed E-state index contributed by atoms with van der Waals surface area (Å²) in [5, 5.41) is 4.80. The van der Waals surface area contributed by atoms with Crippen LogP contribution in [-0.4, -0.2) is 14.5 Å². The van der Waals surface area contributed by atoms with Crippen molar-refractivity contribution in [2.45, 2.75) is 6.42 Å². The molecule has 3 nitrogen and oxygen atoms in total. The highest BCUT2D eigenvalue weighted by Gasteiger charge is 2.27. The van der Waals surface area contributed by atoms with Crippen LogP contribution in [0.15, 0.2) is 158 Å². The Bertz CT molecular complexity index is 2560. The predicted molar refractivity (Wildman–Crippen MR) is 199 cm³/mol. The summed E-state index contributed by atoms with van der Waals surface area (Å²) >= 11 is 1.83. The maximum atomic E-state index is 5.38. The lowest BCUT2D eigenvalue weighted by molar-refractivity contribution is 0.974. The third-order valence-corrected chi connectivity index (χ3v) is 10.2. The van der Waals surface area contributed by atoms with Gasteiger partial charge in [-0.15, -0.1) is 11.3 Å². The lowest BCUT2D eigenvalue weighted by Crippen LogP contribution is -2.06. The molecule has 0 spiro atoms. The molecule has 222 valence electrons. The summed E-state index contributed by atoms with van der Waals surface area (Å²) in [6, 6.07) is 44.9. The van der Waals surface area contributed by atoms with Crippen LogP contribution in [0.4, 0.5) is 0 Å². The van der Waals surface area contributed by atoms with Gasteiger partial charge in [-0.25, -0.2) is 9.97 Å². The first kappa shape index (κ1) is 27.5. The van der Waals surface area contributed by atoms with Gasteiger partial charge in [-0.1, -0.05) is 134 Å². The molecule has 0 radical (unpaired) electrons. The zero-order valence-corrected chi connectivity index (χ0v) is 26.4. The molecule has 0 aliphatic heterocycles. The molecule has 0 atom stereocenters. The molecule has 5 aromatic carbocycles. The summed E-state index contributed by atoms with van der Waals surface area (Å²) in [6.07, 6.45) is 9.41. The first-order chi connectivity index (χ1) is 23.2. The van der Waals surface area contributed by atoms with E-state index in [0.717, 1.165) is 56.7 Å². The topological polar surface area (TPSA) is 30.7 Å². The van der Waals surface area contributed by atoms with Gasteiger partial charge < -0.3 is 0 Å². The Morgan fingerprint density at radius 1 is 0.638 bits per heavy atom. The van der Waals surface area contributed by atoms with Crippen LogP contribution >= 0.6 is 11.3 Å². The summed E-state index contributed by atoms with van der Waals surface area (Å²) < 4.78 is 3.54. The van der Waals surface area contributed by atoms with Crippen LogP contribution in [0.2, 0.25) is 0 Å². The van der Waals surface area contributed by atoms with Crippen molar-refractivity contribution < 1.29 is 0 Å². The normalized spacial score (nSPS) is 14.3. The van der Waals surface area contributed by atoms with Gasteiger partial charge in [0.15, 0.2) is 0 Å². The van der Waals surface area contributed by atoms with Crippen molar-refractivity contribution in [2.75, 3.05) is 0 Å². The second kappa shape index (κ2) is 11.2. The maximum Gasteiger partial charge on any atom is 0.235 e. The van der Waals surface area contributed by atoms with Crippen molar-refractivity contribution in [3.63, 3.8) is 0 Å². The summed E-state index contributed by atoms with van der Waals surface area (Å²) in [6.45, 7) is 4.60. The fraction of sp³-hybridized carbons (Fsp3) is 0.0233. The molecule has 0 saturated carbocycles. The average molecular weight is 620 g/mol. The maximum absolute atomic E-state index is 5.38. The number of para-hydroxylation sites is 1. The van der Waals surface area contributed by atoms with E-state index in [1.165, 1.54) is 31.3 Å². The highest BCUT2D eigenvalue weighted by Crippen LogP contribution is 2.47. The van der Waals surface area contributed by atoms with Crippen molar-refractivity contribution in [1.82, 2.24) is 14.5 Å². The quantitative estimate of drug-likeness (QED) is 0.197. The molecule has 0 bridgehead atoms. The third-order valence-electron chi connectivity index (χ3n) is 9.00. The summed E-state index contributed by atoms with van der Waals surface area (Å²) in [5.74, 6) is 0.639. The Labute approximate surface area is 277 Å². The van der Waals surface area contributed by atoms with Crippen molar-refractivity contribution in [2.24, 2.45) is 0 Å². The molecular formula is C43H29N3S. The number of benzene rings is 5. The number of thiophene rings is 1. The van der Waals surface area contributed by atoms with E-state index in [1.807, 2.05) is 17.4 Å². The second-order valence-corrected chi connectivity index (χ2v) is 12.9. The van der Waals surface area contributed by atoms with E-state index in [-0.39, 0.29) is 0 Å². The number of hydrogen-bond acceptors (Lipinski definition) is 3. The van der Waals surface area contributed by atoms with Gasteiger partial charge in [-0.2, -0.15) is 0 Å². The van der Waals surface area contributed by atoms with Crippen LogP contribution in [-0.2, 0) is 6.42 Å². The number of allylic oxidation sites excluding steroid dienone is 5. The summed E-state index contributed by atoms with van der Waals surface area (Å²) in [4.78, 5) is 11.9. The highest BCUT2D eigenvalue weighted by atomic mass is 32.1. The lowest BCUT2D eigenvalue weighted by atomic mass is 9.97. The molecule has 8 aromatic rings. The number of fused-ring (bicyclic) bond motifs is 8. The van der Waals surface area contributed by atoms with Gasteiger partial charge in [0.05, 0.1) is 27.5 Å². The SMILES string of the molecule is C=C1/C=C\C=C/Cc2c(sc3ccccc23)-c2c1c1ccccc1n2-c1nc(-c2ccccc2)cc(-c2ccc3ccccc3c2)n1. The van der Waals surface area contributed by atoms with Crippen molar-refractivity contribution in [1.29, 1.82) is 0 Å². The minimum absolute atomic E-state index is 0.639. The molecule has 9 rings (SSSR count). The fourth-order valence-electron chi connectivity index (χ4n) is 6.79.